The van der Waals surface area contributed by atoms with Gasteiger partial charge in [-0.15, -0.1) is 0 Å². The van der Waals surface area contributed by atoms with Gasteiger partial charge in [-0.05, 0) is 53.9 Å². The van der Waals surface area contributed by atoms with Crippen molar-refractivity contribution < 1.29 is 17.7 Å². The predicted molar refractivity (Wildman–Crippen MR) is 126 cm³/mol. The summed E-state index contributed by atoms with van der Waals surface area (Å²) in [6.45, 7) is 6.31. The van der Waals surface area contributed by atoms with E-state index in [0.29, 0.717) is 13.0 Å². The lowest BCUT2D eigenvalue weighted by Gasteiger charge is -2.28. The van der Waals surface area contributed by atoms with E-state index in [1.807, 2.05) is 55.5 Å². The van der Waals surface area contributed by atoms with E-state index < -0.39 is 12.2 Å². The smallest absolute Gasteiger partial charge is 0.431 e. The molecule has 2 aromatic carbocycles. The number of amides is 1. The number of carbonyl (C=O) groups excluding carboxylic acids is 1. The Morgan fingerprint density at radius 1 is 1.20 bits per heavy atom. The summed E-state index contributed by atoms with van der Waals surface area (Å²) in [7, 11) is 1.63. The number of nitrogens with one attached hydrogen (secondary N) is 2. The van der Waals surface area contributed by atoms with E-state index in [-0.39, 0.29) is 12.5 Å². The topological polar surface area (TPSA) is 83.1 Å². The normalized spacial score (nSPS) is 12.7. The molecule has 2 aromatic rings. The summed E-state index contributed by atoms with van der Waals surface area (Å²) in [6, 6.07) is 15.5. The lowest BCUT2D eigenvalue weighted by molar-refractivity contribution is 0.0467. The van der Waals surface area contributed by atoms with Gasteiger partial charge in [-0.3, -0.25) is 5.43 Å². The number of benzene rings is 2. The number of ether oxygens (including phenoxy) is 1. The number of aliphatic hydroxyl groups excluding tert-OH is 1. The molecule has 30 heavy (non-hydrogen) atoms. The third kappa shape index (κ3) is 7.85. The van der Waals surface area contributed by atoms with Gasteiger partial charge in [0.2, 0.25) is 0 Å². The average Bonchev–Trinajstić information content (AvgIpc) is 2.75. The standard InChI is InChI=1S/C22H28IN3O4/c1-4-24-19-9-5-18(6-10-19)14-26(25-22(28)30-23)15-21(27)16(2)13-17-7-11-20(29-3)12-8-17/h4-12,16,21,24,27H,1,13-15H2,2-3H3,(H,25,28). The number of methoxy groups -OCH3 is 1. The molecule has 0 aliphatic heterocycles. The van der Waals surface area contributed by atoms with Crippen molar-refractivity contribution in [2.24, 2.45) is 5.92 Å². The summed E-state index contributed by atoms with van der Waals surface area (Å²) in [5.41, 5.74) is 5.69. The van der Waals surface area contributed by atoms with Crippen molar-refractivity contribution in [2.75, 3.05) is 19.0 Å². The summed E-state index contributed by atoms with van der Waals surface area (Å²) >= 11 is 1.53. The van der Waals surface area contributed by atoms with Crippen molar-refractivity contribution in [1.29, 1.82) is 0 Å². The first-order valence-electron chi connectivity index (χ1n) is 9.56. The van der Waals surface area contributed by atoms with Crippen molar-refractivity contribution in [3.8, 4) is 5.75 Å². The first-order valence-corrected chi connectivity index (χ1v) is 10.4. The summed E-state index contributed by atoms with van der Waals surface area (Å²) < 4.78 is 9.87. The highest BCUT2D eigenvalue weighted by molar-refractivity contribution is 14.1. The van der Waals surface area contributed by atoms with E-state index >= 15 is 0 Å². The molecule has 0 saturated heterocycles. The van der Waals surface area contributed by atoms with E-state index in [4.69, 9.17) is 7.80 Å². The molecule has 0 heterocycles. The monoisotopic (exact) mass is 525 g/mol. The van der Waals surface area contributed by atoms with Crippen LogP contribution in [0.25, 0.3) is 0 Å². The van der Waals surface area contributed by atoms with Gasteiger partial charge < -0.3 is 18.2 Å². The van der Waals surface area contributed by atoms with Gasteiger partial charge >= 0.3 is 6.09 Å². The number of anilines is 1. The minimum Gasteiger partial charge on any atom is -0.497 e. The zero-order chi connectivity index (χ0) is 21.9. The van der Waals surface area contributed by atoms with Crippen molar-refractivity contribution in [2.45, 2.75) is 26.0 Å². The van der Waals surface area contributed by atoms with Gasteiger partial charge in [-0.1, -0.05) is 37.8 Å². The van der Waals surface area contributed by atoms with Gasteiger partial charge in [0.15, 0.2) is 23.0 Å². The van der Waals surface area contributed by atoms with Crippen LogP contribution in [0.15, 0.2) is 61.3 Å². The zero-order valence-corrected chi connectivity index (χ0v) is 19.3. The van der Waals surface area contributed by atoms with Crippen LogP contribution in [0, 0.1) is 5.92 Å². The number of carbonyl (C=O) groups is 1. The minimum atomic E-state index is -0.650. The fourth-order valence-corrected chi connectivity index (χ4v) is 3.11. The SMILES string of the molecule is C=CNc1ccc(CN(CC(O)C(C)Cc2ccc(OC)cc2)NC(=O)OI)cc1. The molecule has 0 spiro atoms. The molecule has 2 atom stereocenters. The largest absolute Gasteiger partial charge is 0.497 e. The van der Waals surface area contributed by atoms with E-state index in [2.05, 4.69) is 17.3 Å². The van der Waals surface area contributed by atoms with Crippen LogP contribution in [0.3, 0.4) is 0 Å². The number of aliphatic hydroxyl groups is 1. The molecular formula is C22H28IN3O4. The molecule has 3 N–H and O–H groups in total. The van der Waals surface area contributed by atoms with Crippen LogP contribution in [-0.2, 0) is 16.0 Å². The Kier molecular flexibility index (Phi) is 9.92. The highest BCUT2D eigenvalue weighted by Gasteiger charge is 2.20. The van der Waals surface area contributed by atoms with E-state index in [9.17, 15) is 9.90 Å². The van der Waals surface area contributed by atoms with Gasteiger partial charge in [0, 0.05) is 18.8 Å². The Morgan fingerprint density at radius 3 is 2.40 bits per heavy atom. The number of halogens is 1. The molecule has 0 fully saturated rings. The summed E-state index contributed by atoms with van der Waals surface area (Å²) in [5, 5.41) is 15.4. The lowest BCUT2D eigenvalue weighted by atomic mass is 9.95. The zero-order valence-electron chi connectivity index (χ0n) is 17.2. The molecule has 2 rings (SSSR count). The fraction of sp³-hybridized carbons (Fsp3) is 0.318. The number of nitrogens with zero attached hydrogens (tertiary/aromatic N) is 1. The van der Waals surface area contributed by atoms with Crippen molar-refractivity contribution in [1.82, 2.24) is 10.4 Å². The first-order chi connectivity index (χ1) is 14.4. The molecule has 0 saturated carbocycles. The number of hydrogen-bond donors (Lipinski definition) is 3. The molecule has 0 bridgehead atoms. The van der Waals surface area contributed by atoms with Crippen molar-refractivity contribution >= 4 is 34.8 Å². The molecule has 0 aliphatic carbocycles. The Balaban J connectivity index is 2.00. The van der Waals surface area contributed by atoms with Crippen molar-refractivity contribution in [3.63, 3.8) is 0 Å². The van der Waals surface area contributed by atoms with E-state index in [1.165, 1.54) is 23.0 Å². The molecule has 0 radical (unpaired) electrons. The second kappa shape index (κ2) is 12.4. The quantitative estimate of drug-likeness (QED) is 0.300. The van der Waals surface area contributed by atoms with Gasteiger partial charge in [0.25, 0.3) is 0 Å². The van der Waals surface area contributed by atoms with Gasteiger partial charge in [-0.2, -0.15) is 0 Å². The lowest BCUT2D eigenvalue weighted by Crippen LogP contribution is -2.46. The molecule has 0 aliphatic rings. The Labute approximate surface area is 191 Å². The molecule has 0 aromatic heterocycles. The van der Waals surface area contributed by atoms with Gasteiger partial charge in [0.05, 0.1) is 13.2 Å². The van der Waals surface area contributed by atoms with Crippen LogP contribution in [0.1, 0.15) is 18.1 Å². The highest BCUT2D eigenvalue weighted by Crippen LogP contribution is 2.18. The number of hydrazine groups is 1. The van der Waals surface area contributed by atoms with Crippen LogP contribution in [0.4, 0.5) is 10.5 Å². The highest BCUT2D eigenvalue weighted by atomic mass is 127. The third-order valence-electron chi connectivity index (χ3n) is 4.70. The minimum absolute atomic E-state index is 0.0162. The molecule has 1 amide bonds. The fourth-order valence-electron chi connectivity index (χ4n) is 3.02. The Hall–Kier alpha value is -2.30. The predicted octanol–water partition coefficient (Wildman–Crippen LogP) is 4.28. The van der Waals surface area contributed by atoms with E-state index in [1.54, 1.807) is 18.3 Å². The number of rotatable bonds is 11. The molecular weight excluding hydrogens is 497 g/mol. The summed E-state index contributed by atoms with van der Waals surface area (Å²) in [6.07, 6.45) is 1.08. The first kappa shape index (κ1) is 24.0. The third-order valence-corrected chi connectivity index (χ3v) is 5.10. The average molecular weight is 525 g/mol. The molecule has 162 valence electrons. The van der Waals surface area contributed by atoms with Crippen LogP contribution in [0.5, 0.6) is 5.75 Å². The molecule has 7 nitrogen and oxygen atoms in total. The maximum absolute atomic E-state index is 11.8. The van der Waals surface area contributed by atoms with Crippen LogP contribution in [-0.4, -0.2) is 36.0 Å². The van der Waals surface area contributed by atoms with Gasteiger partial charge in [-0.25, -0.2) is 9.80 Å². The second-order valence-corrected chi connectivity index (χ2v) is 7.44. The van der Waals surface area contributed by atoms with Crippen LogP contribution in [0.2, 0.25) is 0 Å². The van der Waals surface area contributed by atoms with Crippen molar-refractivity contribution in [3.05, 3.63) is 72.4 Å². The summed E-state index contributed by atoms with van der Waals surface area (Å²) in [4.78, 5) is 11.8. The second-order valence-electron chi connectivity index (χ2n) is 7.00. The van der Waals surface area contributed by atoms with Gasteiger partial charge in [0.1, 0.15) is 5.75 Å². The molecule has 2 unspecified atom stereocenters. The van der Waals surface area contributed by atoms with Crippen LogP contribution >= 0.6 is 23.0 Å². The van der Waals surface area contributed by atoms with Crippen LogP contribution < -0.4 is 15.5 Å². The maximum atomic E-state index is 11.8. The van der Waals surface area contributed by atoms with E-state index in [0.717, 1.165) is 22.6 Å². The Bertz CT molecular complexity index is 799. The Morgan fingerprint density at radius 2 is 1.83 bits per heavy atom. The summed E-state index contributed by atoms with van der Waals surface area (Å²) in [5.74, 6) is 0.784. The maximum Gasteiger partial charge on any atom is 0.431 e. The number of hydrogen-bond acceptors (Lipinski definition) is 6. The molecule has 8 heteroatoms.